The number of rotatable bonds is 6. The van der Waals surface area contributed by atoms with Crippen LogP contribution in [0, 0.1) is 6.92 Å². The molecule has 32 heavy (non-hydrogen) atoms. The molecule has 5 rings (SSSR count). The maximum absolute atomic E-state index is 5.90. The van der Waals surface area contributed by atoms with Gasteiger partial charge in [-0.1, -0.05) is 48.0 Å². The van der Waals surface area contributed by atoms with E-state index in [1.807, 2.05) is 79.7 Å². The van der Waals surface area contributed by atoms with Crippen LogP contribution in [0.2, 0.25) is 0 Å². The summed E-state index contributed by atoms with van der Waals surface area (Å²) in [6, 6.07) is 23.6. The fourth-order valence-electron chi connectivity index (χ4n) is 3.46. The van der Waals surface area contributed by atoms with Crippen LogP contribution >= 0.6 is 0 Å². The lowest BCUT2D eigenvalue weighted by Gasteiger charge is -2.12. The summed E-state index contributed by atoms with van der Waals surface area (Å²) in [6.45, 7) is 2.58. The van der Waals surface area contributed by atoms with Gasteiger partial charge < -0.3 is 14.5 Å². The molecule has 0 spiro atoms. The first-order chi connectivity index (χ1) is 15.7. The van der Waals surface area contributed by atoms with Crippen LogP contribution in [0.1, 0.15) is 11.1 Å². The Morgan fingerprint density at radius 3 is 2.44 bits per heavy atom. The van der Waals surface area contributed by atoms with Gasteiger partial charge in [0.1, 0.15) is 11.6 Å². The highest BCUT2D eigenvalue weighted by atomic mass is 16.5. The fourth-order valence-corrected chi connectivity index (χ4v) is 3.46. The van der Waals surface area contributed by atoms with Crippen LogP contribution in [0.15, 0.2) is 77.2 Å². The number of fused-ring (bicyclic) bond motifs is 1. The lowest BCUT2D eigenvalue weighted by Crippen LogP contribution is -2.05. The van der Waals surface area contributed by atoms with E-state index in [1.54, 1.807) is 7.11 Å². The first kappa shape index (κ1) is 19.7. The molecule has 0 aliphatic rings. The van der Waals surface area contributed by atoms with Crippen molar-refractivity contribution in [1.82, 2.24) is 20.2 Å². The van der Waals surface area contributed by atoms with Crippen molar-refractivity contribution in [2.45, 2.75) is 13.5 Å². The van der Waals surface area contributed by atoms with E-state index in [4.69, 9.17) is 14.1 Å². The molecule has 2 aromatic heterocycles. The SMILES string of the molecule is COc1ccccc1CNc1nc(-c2nnc(-c3ccc(C)cc3)o2)nc2ccccc12. The largest absolute Gasteiger partial charge is 0.496 e. The molecule has 158 valence electrons. The minimum Gasteiger partial charge on any atom is -0.496 e. The Bertz CT molecular complexity index is 1380. The molecule has 3 aromatic carbocycles. The molecule has 0 atom stereocenters. The van der Waals surface area contributed by atoms with Crippen molar-refractivity contribution in [2.24, 2.45) is 0 Å². The second-order valence-electron chi connectivity index (χ2n) is 7.36. The maximum atomic E-state index is 5.90. The normalized spacial score (nSPS) is 10.9. The molecule has 0 aliphatic heterocycles. The molecule has 0 saturated carbocycles. The number of methoxy groups -OCH3 is 1. The van der Waals surface area contributed by atoms with Gasteiger partial charge in [0.25, 0.3) is 5.89 Å². The van der Waals surface area contributed by atoms with Crippen LogP contribution in [-0.2, 0) is 6.54 Å². The number of aryl methyl sites for hydroxylation is 1. The number of nitrogens with one attached hydrogen (secondary N) is 1. The molecule has 0 unspecified atom stereocenters. The number of hydrogen-bond acceptors (Lipinski definition) is 7. The smallest absolute Gasteiger partial charge is 0.286 e. The van der Waals surface area contributed by atoms with Gasteiger partial charge in [-0.3, -0.25) is 0 Å². The fraction of sp³-hybridized carbons (Fsp3) is 0.120. The van der Waals surface area contributed by atoms with E-state index in [-0.39, 0.29) is 5.89 Å². The van der Waals surface area contributed by atoms with Gasteiger partial charge in [0.05, 0.1) is 12.6 Å². The highest BCUT2D eigenvalue weighted by molar-refractivity contribution is 5.90. The number of ether oxygens (including phenoxy) is 1. The third-order valence-electron chi connectivity index (χ3n) is 5.16. The first-order valence-electron chi connectivity index (χ1n) is 10.2. The van der Waals surface area contributed by atoms with E-state index in [9.17, 15) is 0 Å². The molecule has 7 nitrogen and oxygen atoms in total. The summed E-state index contributed by atoms with van der Waals surface area (Å²) in [5.74, 6) is 2.58. The van der Waals surface area contributed by atoms with Crippen LogP contribution in [0.4, 0.5) is 5.82 Å². The summed E-state index contributed by atoms with van der Waals surface area (Å²) in [4.78, 5) is 9.35. The van der Waals surface area contributed by atoms with Crippen LogP contribution in [0.5, 0.6) is 5.75 Å². The Morgan fingerprint density at radius 2 is 1.59 bits per heavy atom. The summed E-state index contributed by atoms with van der Waals surface area (Å²) in [5.41, 5.74) is 3.83. The molecule has 0 bridgehead atoms. The molecule has 0 radical (unpaired) electrons. The number of aromatic nitrogens is 4. The molecule has 0 aliphatic carbocycles. The standard InChI is InChI=1S/C25H21N5O2/c1-16-11-13-17(14-12-16)24-29-30-25(32-24)23-27-20-9-5-4-8-19(20)22(28-23)26-15-18-7-3-6-10-21(18)31-2/h3-14H,15H2,1-2H3,(H,26,27,28). The van der Waals surface area contributed by atoms with Crippen molar-refractivity contribution in [3.05, 3.63) is 83.9 Å². The number of hydrogen-bond donors (Lipinski definition) is 1. The topological polar surface area (TPSA) is 86.0 Å². The highest BCUT2D eigenvalue weighted by Crippen LogP contribution is 2.27. The Labute approximate surface area is 185 Å². The molecule has 0 fully saturated rings. The van der Waals surface area contributed by atoms with Gasteiger partial charge >= 0.3 is 0 Å². The summed E-state index contributed by atoms with van der Waals surface area (Å²) >= 11 is 0. The second-order valence-corrected chi connectivity index (χ2v) is 7.36. The molecule has 7 heteroatoms. The van der Waals surface area contributed by atoms with Gasteiger partial charge in [-0.15, -0.1) is 10.2 Å². The van der Waals surface area contributed by atoms with Crippen LogP contribution in [-0.4, -0.2) is 27.3 Å². The maximum Gasteiger partial charge on any atom is 0.286 e. The Kier molecular flexibility index (Phi) is 5.21. The van der Waals surface area contributed by atoms with Crippen molar-refractivity contribution < 1.29 is 9.15 Å². The Morgan fingerprint density at radius 1 is 0.844 bits per heavy atom. The zero-order chi connectivity index (χ0) is 21.9. The van der Waals surface area contributed by atoms with Gasteiger partial charge in [-0.25, -0.2) is 9.97 Å². The quantitative estimate of drug-likeness (QED) is 0.398. The summed E-state index contributed by atoms with van der Waals surface area (Å²) in [7, 11) is 1.66. The zero-order valence-electron chi connectivity index (χ0n) is 17.7. The van der Waals surface area contributed by atoms with Crippen molar-refractivity contribution in [3.63, 3.8) is 0 Å². The highest BCUT2D eigenvalue weighted by Gasteiger charge is 2.16. The third-order valence-corrected chi connectivity index (χ3v) is 5.16. The number of benzene rings is 3. The number of anilines is 1. The van der Waals surface area contributed by atoms with E-state index >= 15 is 0 Å². The number of nitrogens with zero attached hydrogens (tertiary/aromatic N) is 4. The van der Waals surface area contributed by atoms with Gasteiger partial charge in [-0.05, 0) is 37.3 Å². The van der Waals surface area contributed by atoms with Gasteiger partial charge in [-0.2, -0.15) is 0 Å². The average molecular weight is 423 g/mol. The predicted octanol–water partition coefficient (Wildman–Crippen LogP) is 5.28. The van der Waals surface area contributed by atoms with E-state index < -0.39 is 0 Å². The summed E-state index contributed by atoms with van der Waals surface area (Å²) in [5, 5.41) is 12.7. The van der Waals surface area contributed by atoms with Gasteiger partial charge in [0.15, 0.2) is 0 Å². The van der Waals surface area contributed by atoms with Crippen molar-refractivity contribution >= 4 is 16.7 Å². The minimum absolute atomic E-state index is 0.270. The Balaban J connectivity index is 1.50. The van der Waals surface area contributed by atoms with E-state index in [1.165, 1.54) is 0 Å². The molecule has 1 N–H and O–H groups in total. The van der Waals surface area contributed by atoms with Crippen LogP contribution < -0.4 is 10.1 Å². The summed E-state index contributed by atoms with van der Waals surface area (Å²) in [6.07, 6.45) is 0. The second kappa shape index (κ2) is 8.47. The molecule has 0 saturated heterocycles. The predicted molar refractivity (Wildman–Crippen MR) is 123 cm³/mol. The lowest BCUT2D eigenvalue weighted by molar-refractivity contribution is 0.410. The van der Waals surface area contributed by atoms with Crippen molar-refractivity contribution in [2.75, 3.05) is 12.4 Å². The molecule has 2 heterocycles. The van der Waals surface area contributed by atoms with Crippen LogP contribution in [0.25, 0.3) is 34.1 Å². The van der Waals surface area contributed by atoms with E-state index in [0.29, 0.717) is 24.1 Å². The number of para-hydroxylation sites is 2. The monoisotopic (exact) mass is 423 g/mol. The van der Waals surface area contributed by atoms with E-state index in [0.717, 1.165) is 33.3 Å². The lowest BCUT2D eigenvalue weighted by atomic mass is 10.1. The minimum atomic E-state index is 0.270. The van der Waals surface area contributed by atoms with Crippen molar-refractivity contribution in [1.29, 1.82) is 0 Å². The van der Waals surface area contributed by atoms with Gasteiger partial charge in [0, 0.05) is 23.1 Å². The Hall–Kier alpha value is -4.26. The van der Waals surface area contributed by atoms with E-state index in [2.05, 4.69) is 20.5 Å². The van der Waals surface area contributed by atoms with Gasteiger partial charge in [0.2, 0.25) is 11.7 Å². The molecular weight excluding hydrogens is 402 g/mol. The summed E-state index contributed by atoms with van der Waals surface area (Å²) < 4.78 is 11.4. The van der Waals surface area contributed by atoms with Crippen molar-refractivity contribution in [3.8, 4) is 28.9 Å². The average Bonchev–Trinajstić information content (AvgIpc) is 3.33. The zero-order valence-corrected chi connectivity index (χ0v) is 17.7. The molecule has 5 aromatic rings. The van der Waals surface area contributed by atoms with Crippen LogP contribution in [0.3, 0.4) is 0 Å². The molecular formula is C25H21N5O2. The third kappa shape index (κ3) is 3.88. The first-order valence-corrected chi connectivity index (χ1v) is 10.2. The molecule has 0 amide bonds.